The zero-order valence-corrected chi connectivity index (χ0v) is 25.1. The zero-order chi connectivity index (χ0) is 33.2. The van der Waals surface area contributed by atoms with Gasteiger partial charge in [-0.25, -0.2) is 4.79 Å². The first-order valence-electron chi connectivity index (χ1n) is 14.2. The van der Waals surface area contributed by atoms with Gasteiger partial charge >= 0.3 is 18.1 Å². The molecule has 0 aliphatic rings. The second kappa shape index (κ2) is 15.2. The summed E-state index contributed by atoms with van der Waals surface area (Å²) >= 11 is 0. The summed E-state index contributed by atoms with van der Waals surface area (Å²) in [6.07, 6.45) is -5.52. The van der Waals surface area contributed by atoms with Gasteiger partial charge in [-0.3, -0.25) is 9.59 Å². The highest BCUT2D eigenvalue weighted by Gasteiger charge is 2.63. The molecular weight excluding hydrogens is 603 g/mol. The number of ether oxygens (including phenoxy) is 4. The molecule has 0 aromatic heterocycles. The molecule has 0 aliphatic carbocycles. The topological polar surface area (TPSA) is 100 Å². The van der Waals surface area contributed by atoms with E-state index in [-0.39, 0.29) is 31.1 Å². The molecule has 11 heteroatoms. The van der Waals surface area contributed by atoms with Crippen molar-refractivity contribution in [2.75, 3.05) is 7.11 Å². The number of nitrogens with one attached hydrogen (secondary N) is 1. The Kier molecular flexibility index (Phi) is 11.2. The number of hydrogen-bond donors (Lipinski definition) is 1. The van der Waals surface area contributed by atoms with E-state index in [1.165, 1.54) is 37.3 Å². The van der Waals surface area contributed by atoms with Crippen molar-refractivity contribution in [3.63, 3.8) is 0 Å². The maximum absolute atomic E-state index is 14.6. The van der Waals surface area contributed by atoms with Gasteiger partial charge in [-0.1, -0.05) is 97.1 Å². The Balaban J connectivity index is 1.65. The minimum absolute atomic E-state index is 0.0227. The fraction of sp³-hybridized carbons (Fsp3) is 0.229. The number of methoxy groups -OCH3 is 1. The lowest BCUT2D eigenvalue weighted by Gasteiger charge is -2.34. The van der Waals surface area contributed by atoms with Crippen LogP contribution in [0.25, 0.3) is 0 Å². The van der Waals surface area contributed by atoms with Crippen molar-refractivity contribution in [2.24, 2.45) is 0 Å². The van der Waals surface area contributed by atoms with Gasteiger partial charge in [0.2, 0.25) is 0 Å². The van der Waals surface area contributed by atoms with Gasteiger partial charge in [-0.05, 0) is 28.8 Å². The third-order valence-corrected chi connectivity index (χ3v) is 6.96. The lowest BCUT2D eigenvalue weighted by molar-refractivity contribution is -0.266. The van der Waals surface area contributed by atoms with Crippen molar-refractivity contribution in [2.45, 2.75) is 44.4 Å². The molecule has 0 saturated heterocycles. The first-order chi connectivity index (χ1) is 22.0. The van der Waals surface area contributed by atoms with E-state index in [0.29, 0.717) is 11.1 Å². The molecule has 0 fully saturated rings. The van der Waals surface area contributed by atoms with Crippen LogP contribution < -0.4 is 14.8 Å². The first-order valence-corrected chi connectivity index (χ1v) is 14.2. The third-order valence-electron chi connectivity index (χ3n) is 6.96. The van der Waals surface area contributed by atoms with Crippen LogP contribution in [-0.2, 0) is 49.1 Å². The van der Waals surface area contributed by atoms with Crippen LogP contribution in [0.4, 0.5) is 13.2 Å². The van der Waals surface area contributed by atoms with E-state index in [0.717, 1.165) is 24.8 Å². The highest BCUT2D eigenvalue weighted by Crippen LogP contribution is 2.42. The van der Waals surface area contributed by atoms with Crippen molar-refractivity contribution >= 4 is 17.8 Å². The van der Waals surface area contributed by atoms with Gasteiger partial charge in [0.15, 0.2) is 11.5 Å². The van der Waals surface area contributed by atoms with Crippen LogP contribution in [0.2, 0.25) is 0 Å². The molecule has 240 valence electrons. The number of carbonyl (C=O) groups excluding carboxylic acids is 3. The molecule has 0 radical (unpaired) electrons. The molecule has 4 aromatic rings. The number of hydrogen-bond acceptors (Lipinski definition) is 7. The van der Waals surface area contributed by atoms with Crippen LogP contribution in [0, 0.1) is 0 Å². The van der Waals surface area contributed by atoms with Crippen LogP contribution in [0.5, 0.6) is 11.5 Å². The average Bonchev–Trinajstić information content (AvgIpc) is 3.04. The molecule has 0 spiro atoms. The van der Waals surface area contributed by atoms with Gasteiger partial charge in [0.25, 0.3) is 11.5 Å². The van der Waals surface area contributed by atoms with Gasteiger partial charge in [0.05, 0.1) is 0 Å². The Morgan fingerprint density at radius 1 is 0.739 bits per heavy atom. The Hall–Kier alpha value is -5.16. The normalized spacial score (nSPS) is 13.2. The fourth-order valence-electron chi connectivity index (χ4n) is 4.71. The Morgan fingerprint density at radius 3 is 1.85 bits per heavy atom. The van der Waals surface area contributed by atoms with Crippen LogP contribution in [0.1, 0.15) is 29.2 Å². The minimum Gasteiger partial charge on any atom is -0.485 e. The Labute approximate surface area is 264 Å². The number of esters is 2. The molecule has 0 bridgehead atoms. The van der Waals surface area contributed by atoms with Crippen molar-refractivity contribution < 1.29 is 46.5 Å². The van der Waals surface area contributed by atoms with E-state index in [1.54, 1.807) is 36.4 Å². The highest BCUT2D eigenvalue weighted by atomic mass is 19.4. The average molecular weight is 636 g/mol. The number of amides is 1. The van der Waals surface area contributed by atoms with E-state index >= 15 is 0 Å². The van der Waals surface area contributed by atoms with E-state index in [2.05, 4.69) is 5.32 Å². The molecule has 4 aromatic carbocycles. The summed E-state index contributed by atoms with van der Waals surface area (Å²) in [5, 5.41) is 2.22. The molecule has 8 nitrogen and oxygen atoms in total. The Morgan fingerprint density at radius 2 is 1.30 bits per heavy atom. The maximum atomic E-state index is 14.6. The third kappa shape index (κ3) is 8.30. The predicted octanol–water partition coefficient (Wildman–Crippen LogP) is 6.07. The second-order valence-electron chi connectivity index (χ2n) is 10.2. The molecule has 4 rings (SSSR count). The SMILES string of the molecule is CO[C@@](C(=O)N[C@@H](Cc1ccc(OCc2ccccc2)c(OC(C)=O)c1)C(=O)OCc1ccccc1)(c1ccccc1)C(F)(F)F. The maximum Gasteiger partial charge on any atom is 0.430 e. The molecule has 1 amide bonds. The summed E-state index contributed by atoms with van der Waals surface area (Å²) in [4.78, 5) is 38.8. The van der Waals surface area contributed by atoms with Crippen LogP contribution in [-0.4, -0.2) is 37.2 Å². The van der Waals surface area contributed by atoms with Crippen molar-refractivity contribution in [3.05, 3.63) is 131 Å². The van der Waals surface area contributed by atoms with E-state index in [9.17, 15) is 27.6 Å². The van der Waals surface area contributed by atoms with E-state index < -0.39 is 41.2 Å². The van der Waals surface area contributed by atoms with Gasteiger partial charge in [-0.2, -0.15) is 13.2 Å². The minimum atomic E-state index is -5.20. The fourth-order valence-corrected chi connectivity index (χ4v) is 4.71. The van der Waals surface area contributed by atoms with E-state index in [4.69, 9.17) is 18.9 Å². The molecular formula is C35H32F3NO7. The number of alkyl halides is 3. The van der Waals surface area contributed by atoms with Gasteiger partial charge < -0.3 is 24.3 Å². The quantitative estimate of drug-likeness (QED) is 0.141. The highest BCUT2D eigenvalue weighted by molar-refractivity contribution is 5.91. The lowest BCUT2D eigenvalue weighted by Crippen LogP contribution is -2.59. The van der Waals surface area contributed by atoms with Crippen molar-refractivity contribution in [3.8, 4) is 11.5 Å². The molecule has 1 N–H and O–H groups in total. The second-order valence-corrected chi connectivity index (χ2v) is 10.2. The van der Waals surface area contributed by atoms with Gasteiger partial charge in [-0.15, -0.1) is 0 Å². The summed E-state index contributed by atoms with van der Waals surface area (Å²) < 4.78 is 65.3. The molecule has 2 atom stereocenters. The van der Waals surface area contributed by atoms with Crippen molar-refractivity contribution in [1.82, 2.24) is 5.32 Å². The van der Waals surface area contributed by atoms with Crippen molar-refractivity contribution in [1.29, 1.82) is 0 Å². The molecule has 0 saturated carbocycles. The van der Waals surface area contributed by atoms with E-state index in [1.807, 2.05) is 30.3 Å². The van der Waals surface area contributed by atoms with Gasteiger partial charge in [0, 0.05) is 26.0 Å². The summed E-state index contributed by atoms with van der Waals surface area (Å²) in [6.45, 7) is 1.17. The number of benzene rings is 4. The van der Waals surface area contributed by atoms with Crippen LogP contribution in [0.3, 0.4) is 0 Å². The number of halogens is 3. The monoisotopic (exact) mass is 635 g/mol. The number of rotatable bonds is 13. The summed E-state index contributed by atoms with van der Waals surface area (Å²) in [7, 11) is 0.766. The standard InChI is InChI=1S/C35H32F3NO7/c1-24(40)46-31-21-27(18-19-30(31)44-22-25-12-6-3-7-13-25)20-29(32(41)45-23-26-14-8-4-9-15-26)39-33(42)34(43-2,35(36,37)38)28-16-10-5-11-17-28/h3-19,21,29H,20,22-23H2,1-2H3,(H,39,42)/t29-,34+/m0/s1. The van der Waals surface area contributed by atoms with Gasteiger partial charge in [0.1, 0.15) is 19.3 Å². The largest absolute Gasteiger partial charge is 0.485 e. The lowest BCUT2D eigenvalue weighted by atomic mass is 9.91. The molecule has 0 heterocycles. The predicted molar refractivity (Wildman–Crippen MR) is 162 cm³/mol. The molecule has 0 aliphatic heterocycles. The Bertz CT molecular complexity index is 1620. The molecule has 0 unspecified atom stereocenters. The summed E-state index contributed by atoms with van der Waals surface area (Å²) in [5.41, 5.74) is -2.08. The van der Waals surface area contributed by atoms with Crippen LogP contribution in [0.15, 0.2) is 109 Å². The zero-order valence-electron chi connectivity index (χ0n) is 25.1. The molecule has 46 heavy (non-hydrogen) atoms. The van der Waals surface area contributed by atoms with Crippen LogP contribution >= 0.6 is 0 Å². The smallest absolute Gasteiger partial charge is 0.430 e. The number of carbonyl (C=O) groups is 3. The summed E-state index contributed by atoms with van der Waals surface area (Å²) in [6, 6.07) is 27.1. The summed E-state index contributed by atoms with van der Waals surface area (Å²) in [5.74, 6) is -3.01. The first kappa shape index (κ1) is 33.7.